The molecule has 1 N–H and O–H groups in total. The third-order valence-electron chi connectivity index (χ3n) is 3.13. The van der Waals surface area contributed by atoms with Crippen LogP contribution < -0.4 is 5.32 Å². The van der Waals surface area contributed by atoms with Gasteiger partial charge in [0.15, 0.2) is 0 Å². The van der Waals surface area contributed by atoms with Gasteiger partial charge in [0.1, 0.15) is 11.5 Å². The molecule has 5 nitrogen and oxygen atoms in total. The number of hydrogen-bond donors (Lipinski definition) is 1. The zero-order valence-electron chi connectivity index (χ0n) is 10.6. The molecule has 1 atom stereocenters. The molecule has 1 saturated heterocycles. The van der Waals surface area contributed by atoms with Crippen molar-refractivity contribution in [2.45, 2.75) is 39.2 Å². The van der Waals surface area contributed by atoms with Gasteiger partial charge in [-0.2, -0.15) is 5.26 Å². The number of piperidine rings is 1. The van der Waals surface area contributed by atoms with Gasteiger partial charge in [0.05, 0.1) is 6.07 Å². The topological polar surface area (TPSA) is 73.2 Å². The molecule has 1 heterocycles. The minimum absolute atomic E-state index is 0.146. The van der Waals surface area contributed by atoms with Gasteiger partial charge in [-0.05, 0) is 33.1 Å². The molecule has 1 fully saturated rings. The number of nitrogens with one attached hydrogen (secondary N) is 1. The van der Waals surface area contributed by atoms with Gasteiger partial charge in [-0.3, -0.25) is 9.59 Å². The van der Waals surface area contributed by atoms with Gasteiger partial charge >= 0.3 is 0 Å². The van der Waals surface area contributed by atoms with E-state index in [2.05, 4.69) is 5.32 Å². The lowest BCUT2D eigenvalue weighted by Crippen LogP contribution is -2.54. The van der Waals surface area contributed by atoms with Gasteiger partial charge in [0.2, 0.25) is 11.8 Å². The van der Waals surface area contributed by atoms with Gasteiger partial charge in [0.25, 0.3) is 0 Å². The molecule has 1 rings (SSSR count). The molecule has 1 aliphatic rings. The number of likely N-dealkylation sites (N-methyl/N-ethyl adjacent to an activating group) is 1. The molecule has 0 spiro atoms. The van der Waals surface area contributed by atoms with Crippen LogP contribution in [-0.4, -0.2) is 36.3 Å². The first-order valence-corrected chi connectivity index (χ1v) is 5.88. The Bertz CT molecular complexity index is 357. The van der Waals surface area contributed by atoms with Crippen LogP contribution in [0, 0.1) is 16.7 Å². The van der Waals surface area contributed by atoms with Crippen LogP contribution in [0.25, 0.3) is 0 Å². The summed E-state index contributed by atoms with van der Waals surface area (Å²) < 4.78 is 0. The number of likely N-dealkylation sites (tertiary alicyclic amines) is 1. The Morgan fingerprint density at radius 2 is 2.06 bits per heavy atom. The van der Waals surface area contributed by atoms with E-state index in [-0.39, 0.29) is 11.8 Å². The van der Waals surface area contributed by atoms with Gasteiger partial charge in [-0.25, -0.2) is 0 Å². The molecule has 0 aromatic rings. The maximum absolute atomic E-state index is 12.2. The van der Waals surface area contributed by atoms with E-state index in [1.807, 2.05) is 6.07 Å². The van der Waals surface area contributed by atoms with Crippen molar-refractivity contribution >= 4 is 11.8 Å². The van der Waals surface area contributed by atoms with Crippen LogP contribution in [-0.2, 0) is 9.59 Å². The highest BCUT2D eigenvalue weighted by molar-refractivity contribution is 5.91. The molecule has 0 aromatic carbocycles. The minimum atomic E-state index is -1.07. The third kappa shape index (κ3) is 2.76. The normalized spacial score (nSPS) is 20.6. The van der Waals surface area contributed by atoms with Crippen molar-refractivity contribution < 1.29 is 9.59 Å². The standard InChI is InChI=1S/C12H19N3O2/c1-12(2,8-13)11(17)15-7-5-4-6-9(15)10(16)14-3/h9H,4-7H2,1-3H3,(H,14,16). The second-order valence-electron chi connectivity index (χ2n) is 4.86. The van der Waals surface area contributed by atoms with Crippen LogP contribution in [0.1, 0.15) is 33.1 Å². The lowest BCUT2D eigenvalue weighted by Gasteiger charge is -2.37. The number of amides is 2. The minimum Gasteiger partial charge on any atom is -0.357 e. The number of carbonyl (C=O) groups excluding carboxylic acids is 2. The molecule has 0 aliphatic carbocycles. The van der Waals surface area contributed by atoms with Gasteiger partial charge in [-0.1, -0.05) is 0 Å². The molecular formula is C12H19N3O2. The molecule has 0 saturated carbocycles. The molecule has 0 radical (unpaired) electrons. The van der Waals surface area contributed by atoms with E-state index in [0.717, 1.165) is 12.8 Å². The number of rotatable bonds is 2. The molecule has 94 valence electrons. The molecule has 5 heteroatoms. The van der Waals surface area contributed by atoms with Crippen LogP contribution in [0.4, 0.5) is 0 Å². The predicted octanol–water partition coefficient (Wildman–Crippen LogP) is 0.663. The Morgan fingerprint density at radius 3 is 2.59 bits per heavy atom. The average molecular weight is 237 g/mol. The largest absolute Gasteiger partial charge is 0.357 e. The zero-order chi connectivity index (χ0) is 13.1. The number of carbonyl (C=O) groups is 2. The summed E-state index contributed by atoms with van der Waals surface area (Å²) in [5.41, 5.74) is -1.07. The third-order valence-corrected chi connectivity index (χ3v) is 3.13. The molecule has 2 amide bonds. The van der Waals surface area contributed by atoms with E-state index in [1.165, 1.54) is 0 Å². The van der Waals surface area contributed by atoms with Crippen molar-refractivity contribution in [3.63, 3.8) is 0 Å². The summed E-state index contributed by atoms with van der Waals surface area (Å²) in [5.74, 6) is -0.403. The molecule has 0 aromatic heterocycles. The highest BCUT2D eigenvalue weighted by Crippen LogP contribution is 2.24. The van der Waals surface area contributed by atoms with E-state index >= 15 is 0 Å². The summed E-state index contributed by atoms with van der Waals surface area (Å²) in [6, 6.07) is 1.57. The molecule has 1 unspecified atom stereocenters. The van der Waals surface area contributed by atoms with E-state index in [1.54, 1.807) is 25.8 Å². The van der Waals surface area contributed by atoms with Crippen molar-refractivity contribution in [1.82, 2.24) is 10.2 Å². The number of nitrogens with zero attached hydrogens (tertiary/aromatic N) is 2. The fourth-order valence-corrected chi connectivity index (χ4v) is 2.02. The Kier molecular flexibility index (Phi) is 4.11. The van der Waals surface area contributed by atoms with E-state index < -0.39 is 11.5 Å². The fraction of sp³-hybridized carbons (Fsp3) is 0.750. The summed E-state index contributed by atoms with van der Waals surface area (Å²) in [4.78, 5) is 25.5. The average Bonchev–Trinajstić information content (AvgIpc) is 2.36. The lowest BCUT2D eigenvalue weighted by atomic mass is 9.90. The van der Waals surface area contributed by atoms with Crippen LogP contribution >= 0.6 is 0 Å². The van der Waals surface area contributed by atoms with Crippen molar-refractivity contribution in [2.24, 2.45) is 5.41 Å². The highest BCUT2D eigenvalue weighted by Gasteiger charge is 2.39. The molecule has 1 aliphatic heterocycles. The monoisotopic (exact) mass is 237 g/mol. The molecule has 0 bridgehead atoms. The summed E-state index contributed by atoms with van der Waals surface area (Å²) >= 11 is 0. The second-order valence-corrected chi connectivity index (χ2v) is 4.86. The van der Waals surface area contributed by atoms with Crippen LogP contribution in [0.2, 0.25) is 0 Å². The first-order valence-electron chi connectivity index (χ1n) is 5.88. The summed E-state index contributed by atoms with van der Waals surface area (Å²) in [7, 11) is 1.56. The molecular weight excluding hydrogens is 218 g/mol. The quantitative estimate of drug-likeness (QED) is 0.767. The Balaban J connectivity index is 2.90. The zero-order valence-corrected chi connectivity index (χ0v) is 10.6. The smallest absolute Gasteiger partial charge is 0.243 e. The van der Waals surface area contributed by atoms with E-state index in [0.29, 0.717) is 13.0 Å². The number of nitriles is 1. The van der Waals surface area contributed by atoms with Gasteiger partial charge < -0.3 is 10.2 Å². The maximum Gasteiger partial charge on any atom is 0.243 e. The highest BCUT2D eigenvalue weighted by atomic mass is 16.2. The summed E-state index contributed by atoms with van der Waals surface area (Å²) in [6.07, 6.45) is 2.50. The van der Waals surface area contributed by atoms with Crippen molar-refractivity contribution in [3.05, 3.63) is 0 Å². The predicted molar refractivity (Wildman–Crippen MR) is 62.8 cm³/mol. The van der Waals surface area contributed by atoms with Crippen molar-refractivity contribution in [3.8, 4) is 6.07 Å². The Morgan fingerprint density at radius 1 is 1.41 bits per heavy atom. The van der Waals surface area contributed by atoms with Crippen LogP contribution in [0.15, 0.2) is 0 Å². The van der Waals surface area contributed by atoms with Crippen LogP contribution in [0.5, 0.6) is 0 Å². The van der Waals surface area contributed by atoms with Crippen molar-refractivity contribution in [1.29, 1.82) is 5.26 Å². The van der Waals surface area contributed by atoms with Gasteiger partial charge in [-0.15, -0.1) is 0 Å². The second kappa shape index (κ2) is 5.17. The number of hydrogen-bond acceptors (Lipinski definition) is 3. The summed E-state index contributed by atoms with van der Waals surface area (Å²) in [5, 5.41) is 11.6. The summed E-state index contributed by atoms with van der Waals surface area (Å²) in [6.45, 7) is 3.73. The van der Waals surface area contributed by atoms with Crippen molar-refractivity contribution in [2.75, 3.05) is 13.6 Å². The Hall–Kier alpha value is -1.57. The fourth-order valence-electron chi connectivity index (χ4n) is 2.02. The first-order chi connectivity index (χ1) is 7.94. The Labute approximate surface area is 102 Å². The van der Waals surface area contributed by atoms with E-state index in [4.69, 9.17) is 5.26 Å². The van der Waals surface area contributed by atoms with Crippen LogP contribution in [0.3, 0.4) is 0 Å². The lowest BCUT2D eigenvalue weighted by molar-refractivity contribution is -0.146. The maximum atomic E-state index is 12.2. The van der Waals surface area contributed by atoms with E-state index in [9.17, 15) is 9.59 Å². The first kappa shape index (κ1) is 13.5. The SMILES string of the molecule is CNC(=O)C1CCCCN1C(=O)C(C)(C)C#N. The van der Waals surface area contributed by atoms with Gasteiger partial charge in [0, 0.05) is 13.6 Å². The molecule has 17 heavy (non-hydrogen) atoms.